The monoisotopic (exact) mass is 354 g/mol. The fourth-order valence-electron chi connectivity index (χ4n) is 1.05. The van der Waals surface area contributed by atoms with E-state index in [4.69, 9.17) is 16.3 Å². The number of hydrogen-bond acceptors (Lipinski definition) is 2. The maximum atomic E-state index is 11.7. The van der Waals surface area contributed by atoms with Crippen LogP contribution in [0.3, 0.4) is 0 Å². The molecule has 2 nitrogen and oxygen atoms in total. The van der Waals surface area contributed by atoms with Gasteiger partial charge in [-0.3, -0.25) is 0 Å². The lowest BCUT2D eigenvalue weighted by molar-refractivity contribution is 0.0496. The van der Waals surface area contributed by atoms with Crippen LogP contribution in [0.2, 0.25) is 0 Å². The number of esters is 1. The molecule has 1 rings (SSSR count). The molecule has 0 saturated heterocycles. The molecule has 0 saturated carbocycles. The van der Waals surface area contributed by atoms with E-state index in [9.17, 15) is 4.79 Å². The summed E-state index contributed by atoms with van der Waals surface area (Å²) in [5.41, 5.74) is 1.29. The fourth-order valence-corrected chi connectivity index (χ4v) is 1.58. The topological polar surface area (TPSA) is 26.3 Å². The van der Waals surface area contributed by atoms with Gasteiger partial charge in [0.1, 0.15) is 0 Å². The van der Waals surface area contributed by atoms with Crippen molar-refractivity contribution in [2.75, 3.05) is 5.33 Å². The van der Waals surface area contributed by atoms with Crippen molar-refractivity contribution in [3.8, 4) is 0 Å². The number of hydrogen-bond donors (Lipinski definition) is 0. The predicted molar refractivity (Wildman–Crippen MR) is 67.9 cm³/mol. The minimum atomic E-state index is -0.368. The Balaban J connectivity index is 2.81. The Morgan fingerprint density at radius 3 is 2.73 bits per heavy atom. The molecule has 0 aliphatic rings. The maximum Gasteiger partial charge on any atom is 0.339 e. The molecule has 0 heterocycles. The summed E-state index contributed by atoms with van der Waals surface area (Å²) in [6.07, 6.45) is 0. The predicted octanol–water partition coefficient (Wildman–Crippen LogP) is 3.70. The number of halogens is 3. The summed E-state index contributed by atoms with van der Waals surface area (Å²) in [6, 6.07) is 7.13. The molecular formula is C10H9Br2ClO2. The van der Waals surface area contributed by atoms with E-state index < -0.39 is 0 Å². The van der Waals surface area contributed by atoms with E-state index in [0.717, 1.165) is 5.56 Å². The summed E-state index contributed by atoms with van der Waals surface area (Å²) in [5.74, 6) is -0.0698. The minimum absolute atomic E-state index is 0.298. The summed E-state index contributed by atoms with van der Waals surface area (Å²) in [5, 5.41) is 0.218. The Hall–Kier alpha value is -0.0600. The molecule has 5 heteroatoms. The third kappa shape index (κ3) is 3.78. The highest BCUT2D eigenvalue weighted by Gasteiger charge is 2.14. The largest absolute Gasteiger partial charge is 0.446 e. The maximum absolute atomic E-state index is 11.7. The van der Waals surface area contributed by atoms with Crippen LogP contribution in [-0.4, -0.2) is 16.3 Å². The lowest BCUT2D eigenvalue weighted by atomic mass is 10.1. The Bertz CT molecular complexity index is 344. The van der Waals surface area contributed by atoms with Crippen molar-refractivity contribution in [3.05, 3.63) is 35.4 Å². The van der Waals surface area contributed by atoms with Crippen LogP contribution >= 0.6 is 43.5 Å². The lowest BCUT2D eigenvalue weighted by Gasteiger charge is -2.10. The molecule has 0 amide bonds. The lowest BCUT2D eigenvalue weighted by Crippen LogP contribution is -2.14. The molecule has 0 bridgehead atoms. The van der Waals surface area contributed by atoms with Crippen LogP contribution in [0.1, 0.15) is 15.9 Å². The first-order valence-corrected chi connectivity index (χ1v) is 6.81. The van der Waals surface area contributed by atoms with Gasteiger partial charge in [-0.25, -0.2) is 4.79 Å². The zero-order valence-corrected chi connectivity index (χ0v) is 11.7. The van der Waals surface area contributed by atoms with Crippen LogP contribution in [0.15, 0.2) is 24.3 Å². The quantitative estimate of drug-likeness (QED) is 0.607. The van der Waals surface area contributed by atoms with Gasteiger partial charge < -0.3 is 4.74 Å². The molecule has 1 aromatic rings. The first-order chi connectivity index (χ1) is 7.19. The third-order valence-corrected chi connectivity index (χ3v) is 3.99. The van der Waals surface area contributed by atoms with Crippen molar-refractivity contribution in [1.29, 1.82) is 0 Å². The van der Waals surface area contributed by atoms with Crippen LogP contribution in [0.25, 0.3) is 0 Å². The molecule has 1 unspecified atom stereocenters. The first kappa shape index (κ1) is 13.0. The molecule has 0 radical (unpaired) electrons. The van der Waals surface area contributed by atoms with Gasteiger partial charge in [0.15, 0.2) is 5.01 Å². The molecule has 0 spiro atoms. The molecule has 1 aromatic carbocycles. The minimum Gasteiger partial charge on any atom is -0.446 e. The number of ether oxygens (including phenoxy) is 1. The Kier molecular flexibility index (Phi) is 5.64. The number of alkyl halides is 3. The standard InChI is InChI=1S/C10H9Br2ClO2/c11-5-9(12)15-10(14)8-4-2-1-3-7(8)6-13/h1-4,9H,5-6H2. The van der Waals surface area contributed by atoms with Gasteiger partial charge in [-0.2, -0.15) is 0 Å². The van der Waals surface area contributed by atoms with Crippen molar-refractivity contribution >= 4 is 49.4 Å². The summed E-state index contributed by atoms with van der Waals surface area (Å²) >= 11 is 12.1. The molecular weight excluding hydrogens is 347 g/mol. The van der Waals surface area contributed by atoms with Crippen molar-refractivity contribution in [2.45, 2.75) is 10.9 Å². The van der Waals surface area contributed by atoms with E-state index in [1.807, 2.05) is 6.07 Å². The molecule has 0 fully saturated rings. The molecule has 82 valence electrons. The van der Waals surface area contributed by atoms with Gasteiger partial charge in [0, 0.05) is 5.88 Å². The average Bonchev–Trinajstić information content (AvgIpc) is 2.28. The summed E-state index contributed by atoms with van der Waals surface area (Å²) < 4.78 is 5.10. The molecule has 0 aliphatic carbocycles. The smallest absolute Gasteiger partial charge is 0.339 e. The number of carbonyl (C=O) groups excluding carboxylic acids is 1. The Labute approximate surface area is 110 Å². The zero-order chi connectivity index (χ0) is 11.3. The normalized spacial score (nSPS) is 12.2. The highest BCUT2D eigenvalue weighted by molar-refractivity contribution is 9.12. The molecule has 1 atom stereocenters. The second-order valence-electron chi connectivity index (χ2n) is 2.76. The highest BCUT2D eigenvalue weighted by Crippen LogP contribution is 2.15. The number of carbonyl (C=O) groups is 1. The van der Waals surface area contributed by atoms with Gasteiger partial charge >= 0.3 is 5.97 Å². The summed E-state index contributed by atoms with van der Waals surface area (Å²) in [4.78, 5) is 11.7. The number of rotatable bonds is 4. The van der Waals surface area contributed by atoms with Gasteiger partial charge in [0.25, 0.3) is 0 Å². The van der Waals surface area contributed by atoms with Crippen molar-refractivity contribution in [3.63, 3.8) is 0 Å². The van der Waals surface area contributed by atoms with Gasteiger partial charge in [0.05, 0.1) is 10.9 Å². The Morgan fingerprint density at radius 2 is 2.13 bits per heavy atom. The van der Waals surface area contributed by atoms with Gasteiger partial charge in [-0.15, -0.1) is 11.6 Å². The van der Waals surface area contributed by atoms with E-state index in [0.29, 0.717) is 16.8 Å². The van der Waals surface area contributed by atoms with E-state index >= 15 is 0 Å². The Morgan fingerprint density at radius 1 is 1.47 bits per heavy atom. The highest BCUT2D eigenvalue weighted by atomic mass is 79.9. The van der Waals surface area contributed by atoms with Crippen LogP contribution in [0.5, 0.6) is 0 Å². The van der Waals surface area contributed by atoms with Gasteiger partial charge in [-0.1, -0.05) is 34.1 Å². The third-order valence-electron chi connectivity index (χ3n) is 1.74. The summed E-state index contributed by atoms with van der Waals surface area (Å²) in [6.45, 7) is 0. The van der Waals surface area contributed by atoms with Crippen molar-refractivity contribution in [2.24, 2.45) is 0 Å². The van der Waals surface area contributed by atoms with Crippen molar-refractivity contribution < 1.29 is 9.53 Å². The van der Waals surface area contributed by atoms with Crippen molar-refractivity contribution in [1.82, 2.24) is 0 Å². The zero-order valence-electron chi connectivity index (χ0n) is 7.75. The van der Waals surface area contributed by atoms with Crippen LogP contribution in [-0.2, 0) is 10.6 Å². The van der Waals surface area contributed by atoms with E-state index in [-0.39, 0.29) is 11.0 Å². The molecule has 0 aliphatic heterocycles. The van der Waals surface area contributed by atoms with Crippen LogP contribution in [0, 0.1) is 0 Å². The van der Waals surface area contributed by atoms with E-state index in [1.54, 1.807) is 18.2 Å². The molecule has 0 N–H and O–H groups in total. The van der Waals surface area contributed by atoms with E-state index in [1.165, 1.54) is 0 Å². The second kappa shape index (κ2) is 6.51. The van der Waals surface area contributed by atoms with Gasteiger partial charge in [0.2, 0.25) is 0 Å². The van der Waals surface area contributed by atoms with Crippen LogP contribution < -0.4 is 0 Å². The summed E-state index contributed by atoms with van der Waals surface area (Å²) in [7, 11) is 0. The van der Waals surface area contributed by atoms with E-state index in [2.05, 4.69) is 31.9 Å². The van der Waals surface area contributed by atoms with Crippen LogP contribution in [0.4, 0.5) is 0 Å². The fraction of sp³-hybridized carbons (Fsp3) is 0.300. The molecule has 15 heavy (non-hydrogen) atoms. The van der Waals surface area contributed by atoms with Gasteiger partial charge in [-0.05, 0) is 27.6 Å². The average molecular weight is 356 g/mol. The first-order valence-electron chi connectivity index (χ1n) is 4.24. The molecule has 0 aromatic heterocycles. The number of benzene rings is 1. The second-order valence-corrected chi connectivity index (χ2v) is 4.70. The SMILES string of the molecule is O=C(OC(Br)CBr)c1ccccc1CCl.